The van der Waals surface area contributed by atoms with E-state index in [-0.39, 0.29) is 0 Å². The molecule has 0 aromatic heterocycles. The van der Waals surface area contributed by atoms with Crippen molar-refractivity contribution in [3.63, 3.8) is 0 Å². The second-order valence-electron chi connectivity index (χ2n) is 32.4. The van der Waals surface area contributed by atoms with Crippen molar-refractivity contribution in [2.45, 2.75) is 41.5 Å². The first-order valence-electron chi connectivity index (χ1n) is 44.7. The minimum absolute atomic E-state index is 1.12. The first-order valence-corrected chi connectivity index (χ1v) is 44.7. The lowest BCUT2D eigenvalue weighted by atomic mass is 9.99. The van der Waals surface area contributed by atoms with Crippen LogP contribution in [0.5, 0.6) is 0 Å². The molecule has 0 aliphatic carbocycles. The molecule has 0 fully saturated rings. The van der Waals surface area contributed by atoms with Crippen molar-refractivity contribution in [2.24, 2.45) is 0 Å². The van der Waals surface area contributed by atoms with E-state index >= 15 is 0 Å². The second-order valence-corrected chi connectivity index (χ2v) is 32.4. The van der Waals surface area contributed by atoms with E-state index in [0.29, 0.717) is 0 Å². The lowest BCUT2D eigenvalue weighted by Crippen LogP contribution is -2.13. The molecule has 0 saturated carbocycles. The number of para-hydroxylation sites is 11. The Balaban J connectivity index is 0.000000123. The van der Waals surface area contributed by atoms with Gasteiger partial charge < -0.3 is 34.3 Å². The fourth-order valence-corrected chi connectivity index (χ4v) is 15.9. The maximum Gasteiger partial charge on any atom is 0.0618 e. The molecule has 0 radical (unpaired) electrons. The van der Waals surface area contributed by atoms with Gasteiger partial charge in [-0.05, 0) is 282 Å². The molecule has 20 aromatic rings. The molecule has 0 saturated heterocycles. The summed E-state index contributed by atoms with van der Waals surface area (Å²) in [7, 11) is 4.17. The minimum Gasteiger partial charge on any atom is -0.345 e. The van der Waals surface area contributed by atoms with Crippen molar-refractivity contribution >= 4 is 130 Å². The number of fused-ring (bicyclic) bond motifs is 2. The molecular weight excluding hydrogens is 1590 g/mol. The van der Waals surface area contributed by atoms with Gasteiger partial charge in [-0.25, -0.2) is 0 Å². The van der Waals surface area contributed by atoms with Gasteiger partial charge in [0.25, 0.3) is 0 Å². The van der Waals surface area contributed by atoms with Crippen molar-refractivity contribution in [3.05, 3.63) is 561 Å². The van der Waals surface area contributed by atoms with Crippen LogP contribution in [0, 0.1) is 41.5 Å². The van der Waals surface area contributed by atoms with Crippen LogP contribution in [-0.4, -0.2) is 14.1 Å². The van der Waals surface area contributed by atoms with Gasteiger partial charge in [0.05, 0.1) is 5.69 Å². The molecule has 0 spiro atoms. The molecule has 0 bridgehead atoms. The Bertz CT molecular complexity index is 6410. The number of anilines is 19. The molecule has 131 heavy (non-hydrogen) atoms. The number of hydrogen-bond acceptors (Lipinski definition) is 7. The Morgan fingerprint density at radius 2 is 0.313 bits per heavy atom. The highest BCUT2D eigenvalue weighted by atomic mass is 15.2. The van der Waals surface area contributed by atoms with Crippen LogP contribution in [0.1, 0.15) is 33.4 Å². The Kier molecular flexibility index (Phi) is 30.8. The first-order chi connectivity index (χ1) is 64.3. The van der Waals surface area contributed by atoms with Crippen LogP contribution in [0.3, 0.4) is 0 Å². The number of nitrogens with zero attached hydrogens (tertiary/aromatic N) is 7. The smallest absolute Gasteiger partial charge is 0.0618 e. The average molecular weight is 1700 g/mol. The van der Waals surface area contributed by atoms with Gasteiger partial charge in [0.2, 0.25) is 0 Å². The van der Waals surface area contributed by atoms with E-state index in [0.717, 1.165) is 39.8 Å². The molecule has 0 amide bonds. The fourth-order valence-electron chi connectivity index (χ4n) is 15.9. The van der Waals surface area contributed by atoms with Crippen LogP contribution in [0.4, 0.5) is 108 Å². The third-order valence-electron chi connectivity index (χ3n) is 22.6. The fraction of sp³-hybridized carbons (Fsp3) is 0.0645. The highest BCUT2D eigenvalue weighted by molar-refractivity contribution is 6.14. The summed E-state index contributed by atoms with van der Waals surface area (Å²) in [5, 5.41) is 5.02. The zero-order valence-corrected chi connectivity index (χ0v) is 75.9. The first kappa shape index (κ1) is 89.3. The largest absolute Gasteiger partial charge is 0.345 e. The number of benzene rings is 20. The maximum absolute atomic E-state index is 2.38. The van der Waals surface area contributed by atoms with E-state index in [9.17, 15) is 0 Å². The van der Waals surface area contributed by atoms with Gasteiger partial charge in [-0.3, -0.25) is 0 Å². The highest BCUT2D eigenvalue weighted by Gasteiger charge is 2.22. The number of hydrogen-bond donors (Lipinski definition) is 0. The maximum atomic E-state index is 2.38. The quantitative estimate of drug-likeness (QED) is 0.0743. The van der Waals surface area contributed by atoms with Gasteiger partial charge in [-0.15, -0.1) is 0 Å². The van der Waals surface area contributed by atoms with Crippen LogP contribution in [-0.2, 0) is 0 Å². The zero-order chi connectivity index (χ0) is 90.3. The van der Waals surface area contributed by atoms with Gasteiger partial charge in [0, 0.05) is 127 Å². The van der Waals surface area contributed by atoms with Crippen molar-refractivity contribution < 1.29 is 0 Å². The van der Waals surface area contributed by atoms with Crippen LogP contribution in [0.15, 0.2) is 528 Å². The molecule has 0 heterocycles. The standard InChI is InChI=1S/C31H26N2.C27H21N.2C19H17N.C15H17N.C13H13N/c1-25-22-30(32(26-14-6-2-7-15-26)27-16-8-3-9-17-27)24-31(23-25)33(28-18-10-4-11-19-28)29-20-12-5-13-21-29;1-20-15-17-24(18-16-20)28(23-11-3-2-4-12-23)27-25-13-7-5-9-21(25)19-22-10-6-8-14-26(22)27;1-16-9-8-14-19(15-16)20(17-10-4-2-5-11-17)18-12-6-3-7-13-18;1-16-12-14-19(15-13-16)20(17-8-4-2-5-9-17)18-10-6-3-7-11-18;1-12-4-8-14(9-5-12)16(3)15-10-6-13(2)7-11-15;1-14(12-8-4-2-5-9-12)13-10-6-3-7-11-13/h2-24H,1H3;2-19H,1H3;2*2-15H,1H3;4-11H,1-3H3;2-11H,1H3. The Morgan fingerprint density at radius 3 is 0.588 bits per heavy atom. The van der Waals surface area contributed by atoms with Gasteiger partial charge in [0.1, 0.15) is 0 Å². The lowest BCUT2D eigenvalue weighted by molar-refractivity contribution is 1.20. The van der Waals surface area contributed by atoms with Gasteiger partial charge in [-0.2, -0.15) is 0 Å². The summed E-state index contributed by atoms with van der Waals surface area (Å²) in [5.74, 6) is 0. The molecule has 7 nitrogen and oxygen atoms in total. The third kappa shape index (κ3) is 23.8. The van der Waals surface area contributed by atoms with Gasteiger partial charge in [-0.1, -0.05) is 332 Å². The molecule has 7 heteroatoms. The summed E-state index contributed by atoms with van der Waals surface area (Å²) in [6.45, 7) is 12.7. The van der Waals surface area contributed by atoms with E-state index in [1.807, 2.05) is 36.4 Å². The predicted octanol–water partition coefficient (Wildman–Crippen LogP) is 35.2. The third-order valence-corrected chi connectivity index (χ3v) is 22.6. The summed E-state index contributed by atoms with van der Waals surface area (Å²) >= 11 is 0. The number of rotatable bonds is 19. The van der Waals surface area contributed by atoms with Crippen molar-refractivity contribution in [1.82, 2.24) is 0 Å². The Morgan fingerprint density at radius 1 is 0.122 bits per heavy atom. The van der Waals surface area contributed by atoms with Crippen LogP contribution in [0.25, 0.3) is 21.5 Å². The Labute approximate surface area is 775 Å². The predicted molar refractivity (Wildman–Crippen MR) is 565 cm³/mol. The van der Waals surface area contributed by atoms with Gasteiger partial charge in [0.15, 0.2) is 0 Å². The molecule has 20 aromatic carbocycles. The van der Waals surface area contributed by atoms with Crippen molar-refractivity contribution in [3.8, 4) is 0 Å². The SMILES string of the molecule is CN(c1ccccc1)c1ccccc1.Cc1cc(N(c2ccccc2)c2ccccc2)cc(N(c2ccccc2)c2ccccc2)c1.Cc1ccc(N(C)c2ccc(C)cc2)cc1.Cc1ccc(N(c2ccccc2)c2c3ccccc3cc3ccccc23)cc1.Cc1ccc(N(c2ccccc2)c2ccccc2)cc1.Cc1cccc(N(c2ccccc2)c2ccccc2)c1. The molecule has 0 aliphatic heterocycles. The average Bonchev–Trinajstić information content (AvgIpc) is 0.750. The van der Waals surface area contributed by atoms with Crippen LogP contribution >= 0.6 is 0 Å². The Hall–Kier alpha value is -16.5. The molecule has 642 valence electrons. The second kappa shape index (κ2) is 45.1. The summed E-state index contributed by atoms with van der Waals surface area (Å²) in [4.78, 5) is 15.9. The molecule has 20 rings (SSSR count). The summed E-state index contributed by atoms with van der Waals surface area (Å²) in [5.41, 5.74) is 29.8. The molecule has 0 atom stereocenters. The minimum atomic E-state index is 1.12. The molecule has 0 aliphatic rings. The van der Waals surface area contributed by atoms with E-state index in [4.69, 9.17) is 0 Å². The van der Waals surface area contributed by atoms with E-state index in [2.05, 4.69) is 581 Å². The van der Waals surface area contributed by atoms with Crippen LogP contribution in [0.2, 0.25) is 0 Å². The summed E-state index contributed by atoms with van der Waals surface area (Å²) in [6.07, 6.45) is 0. The monoisotopic (exact) mass is 1700 g/mol. The summed E-state index contributed by atoms with van der Waals surface area (Å²) < 4.78 is 0. The molecule has 0 N–H and O–H groups in total. The molecular formula is C124H111N7. The van der Waals surface area contributed by atoms with Crippen molar-refractivity contribution in [1.29, 1.82) is 0 Å². The van der Waals surface area contributed by atoms with Crippen molar-refractivity contribution in [2.75, 3.05) is 48.4 Å². The normalized spacial score (nSPS) is 10.4. The van der Waals surface area contributed by atoms with E-state index < -0.39 is 0 Å². The van der Waals surface area contributed by atoms with E-state index in [1.165, 1.54) is 123 Å². The van der Waals surface area contributed by atoms with Crippen LogP contribution < -0.4 is 34.3 Å². The topological polar surface area (TPSA) is 22.7 Å². The van der Waals surface area contributed by atoms with Gasteiger partial charge >= 0.3 is 0 Å². The molecule has 0 unspecified atom stereocenters. The van der Waals surface area contributed by atoms with E-state index in [1.54, 1.807) is 0 Å². The highest BCUT2D eigenvalue weighted by Crippen LogP contribution is 2.46. The summed E-state index contributed by atoms with van der Waals surface area (Å²) in [6, 6.07) is 185. The number of aryl methyl sites for hydroxylation is 6. The lowest BCUT2D eigenvalue weighted by Gasteiger charge is -2.30. The zero-order valence-electron chi connectivity index (χ0n) is 75.9.